The highest BCUT2D eigenvalue weighted by Gasteiger charge is 2.19. The van der Waals surface area contributed by atoms with Crippen molar-refractivity contribution in [3.05, 3.63) is 47.1 Å². The van der Waals surface area contributed by atoms with Crippen LogP contribution in [0.1, 0.15) is 6.42 Å². The molecule has 0 atom stereocenters. The number of hydrogen-bond acceptors (Lipinski definition) is 7. The van der Waals surface area contributed by atoms with E-state index in [1.165, 1.54) is 18.0 Å². The van der Waals surface area contributed by atoms with Gasteiger partial charge in [0, 0.05) is 23.2 Å². The van der Waals surface area contributed by atoms with E-state index in [0.29, 0.717) is 16.7 Å². The van der Waals surface area contributed by atoms with E-state index in [-0.39, 0.29) is 29.4 Å². The van der Waals surface area contributed by atoms with Crippen LogP contribution in [-0.2, 0) is 21.2 Å². The second kappa shape index (κ2) is 8.93. The van der Waals surface area contributed by atoms with Gasteiger partial charge in [0.2, 0.25) is 5.91 Å². The number of amides is 1. The Morgan fingerprint density at radius 3 is 2.61 bits per heavy atom. The predicted octanol–water partition coefficient (Wildman–Crippen LogP) is 2.74. The lowest BCUT2D eigenvalue weighted by molar-refractivity contribution is -0.118. The van der Waals surface area contributed by atoms with E-state index in [9.17, 15) is 13.2 Å². The molecule has 0 bridgehead atoms. The molecule has 3 rings (SSSR count). The van der Waals surface area contributed by atoms with E-state index in [4.69, 9.17) is 10.2 Å². The van der Waals surface area contributed by atoms with Crippen LogP contribution in [-0.4, -0.2) is 40.6 Å². The van der Waals surface area contributed by atoms with Gasteiger partial charge < -0.3 is 10.2 Å². The minimum atomic E-state index is -3.41. The number of carbonyl (C=O) groups is 1. The molecule has 0 aliphatic rings. The van der Waals surface area contributed by atoms with Gasteiger partial charge in [-0.25, -0.2) is 8.42 Å². The predicted molar refractivity (Wildman–Crippen MR) is 108 cm³/mol. The van der Waals surface area contributed by atoms with E-state index in [0.717, 1.165) is 4.47 Å². The molecule has 0 spiro atoms. The lowest BCUT2D eigenvalue weighted by Gasteiger charge is -2.08. The molecule has 2 aromatic heterocycles. The third-order valence-corrected chi connectivity index (χ3v) is 7.28. The number of rotatable bonds is 9. The van der Waals surface area contributed by atoms with Gasteiger partial charge in [-0.05, 0) is 36.4 Å². The van der Waals surface area contributed by atoms with Crippen molar-refractivity contribution >= 4 is 43.4 Å². The van der Waals surface area contributed by atoms with Crippen LogP contribution in [0, 0.1) is 0 Å². The fourth-order valence-corrected chi connectivity index (χ4v) is 5.29. The van der Waals surface area contributed by atoms with E-state index in [2.05, 4.69) is 26.1 Å². The van der Waals surface area contributed by atoms with Gasteiger partial charge in [-0.1, -0.05) is 27.7 Å². The molecule has 0 saturated carbocycles. The van der Waals surface area contributed by atoms with Crippen molar-refractivity contribution in [3.63, 3.8) is 0 Å². The van der Waals surface area contributed by atoms with Crippen LogP contribution in [0.3, 0.4) is 0 Å². The standard InChI is InChI=1S/C17H17BrN4O4S2/c18-12-3-5-13(6-4-12)28(24,25)11-10-27-17-21-20-16(14-2-1-9-26-14)22(17)8-7-15(19)23/h1-6,9H,7-8,10-11H2,(H2,19,23). The third kappa shape index (κ3) is 5.03. The molecule has 2 N–H and O–H groups in total. The van der Waals surface area contributed by atoms with Gasteiger partial charge in [-0.2, -0.15) is 0 Å². The Balaban J connectivity index is 1.73. The minimum Gasteiger partial charge on any atom is -0.461 e. The maximum absolute atomic E-state index is 12.5. The van der Waals surface area contributed by atoms with E-state index < -0.39 is 15.7 Å². The lowest BCUT2D eigenvalue weighted by Crippen LogP contribution is -2.15. The van der Waals surface area contributed by atoms with Crippen LogP contribution >= 0.6 is 27.7 Å². The van der Waals surface area contributed by atoms with Crippen molar-refractivity contribution in [2.45, 2.75) is 23.0 Å². The maximum Gasteiger partial charge on any atom is 0.219 e. The van der Waals surface area contributed by atoms with Gasteiger partial charge in [-0.15, -0.1) is 10.2 Å². The number of primary amides is 1. The smallest absolute Gasteiger partial charge is 0.219 e. The monoisotopic (exact) mass is 484 g/mol. The highest BCUT2D eigenvalue weighted by atomic mass is 79.9. The molecule has 0 radical (unpaired) electrons. The number of nitrogens with two attached hydrogens (primary N) is 1. The Kier molecular flexibility index (Phi) is 6.57. The van der Waals surface area contributed by atoms with Crippen molar-refractivity contribution in [1.29, 1.82) is 0 Å². The zero-order chi connectivity index (χ0) is 20.1. The number of aromatic nitrogens is 3. The summed E-state index contributed by atoms with van der Waals surface area (Å²) in [6, 6.07) is 9.96. The third-order valence-electron chi connectivity index (χ3n) is 3.80. The quantitative estimate of drug-likeness (QED) is 0.463. The Morgan fingerprint density at radius 2 is 1.96 bits per heavy atom. The van der Waals surface area contributed by atoms with Crippen LogP contribution in [0.4, 0.5) is 0 Å². The molecule has 1 aromatic carbocycles. The zero-order valence-corrected chi connectivity index (χ0v) is 17.8. The Labute approximate surface area is 174 Å². The number of thioether (sulfide) groups is 1. The van der Waals surface area contributed by atoms with Crippen LogP contribution in [0.5, 0.6) is 0 Å². The van der Waals surface area contributed by atoms with Crippen molar-refractivity contribution in [2.75, 3.05) is 11.5 Å². The minimum absolute atomic E-state index is 0.0575. The number of sulfone groups is 1. The molecule has 11 heteroatoms. The summed E-state index contributed by atoms with van der Waals surface area (Å²) < 4.78 is 32.8. The molecule has 3 aromatic rings. The molecule has 0 saturated heterocycles. The maximum atomic E-state index is 12.5. The number of nitrogens with zero attached hydrogens (tertiary/aromatic N) is 3. The normalized spacial score (nSPS) is 11.6. The van der Waals surface area contributed by atoms with Crippen LogP contribution in [0.15, 0.2) is 61.6 Å². The molecule has 0 aliphatic heterocycles. The number of furan rings is 1. The molecule has 8 nitrogen and oxygen atoms in total. The van der Waals surface area contributed by atoms with Gasteiger partial charge in [0.1, 0.15) is 0 Å². The molecule has 1 amide bonds. The molecular weight excluding hydrogens is 468 g/mol. The second-order valence-corrected chi connectivity index (χ2v) is 9.86. The van der Waals surface area contributed by atoms with Gasteiger partial charge in [0.15, 0.2) is 26.6 Å². The molecule has 0 fully saturated rings. The Bertz CT molecular complexity index is 1050. The summed E-state index contributed by atoms with van der Waals surface area (Å²) in [5.41, 5.74) is 5.25. The topological polar surface area (TPSA) is 121 Å². The number of hydrogen-bond donors (Lipinski definition) is 1. The second-order valence-electron chi connectivity index (χ2n) is 5.77. The summed E-state index contributed by atoms with van der Waals surface area (Å²) in [5, 5.41) is 8.73. The first-order valence-corrected chi connectivity index (χ1v) is 11.7. The first kappa shape index (κ1) is 20.6. The molecule has 0 aliphatic carbocycles. The van der Waals surface area contributed by atoms with Crippen molar-refractivity contribution in [2.24, 2.45) is 5.73 Å². The van der Waals surface area contributed by atoms with Gasteiger partial charge in [-0.3, -0.25) is 9.36 Å². The van der Waals surface area contributed by atoms with Gasteiger partial charge in [0.05, 0.1) is 16.9 Å². The summed E-state index contributed by atoms with van der Waals surface area (Å²) in [6.07, 6.45) is 1.62. The first-order valence-electron chi connectivity index (χ1n) is 8.23. The molecule has 148 valence electrons. The summed E-state index contributed by atoms with van der Waals surface area (Å²) in [7, 11) is -3.41. The van der Waals surface area contributed by atoms with E-state index >= 15 is 0 Å². The summed E-state index contributed by atoms with van der Waals surface area (Å²) in [5.74, 6) is 0.743. The number of benzene rings is 1. The van der Waals surface area contributed by atoms with Crippen molar-refractivity contribution < 1.29 is 17.6 Å². The van der Waals surface area contributed by atoms with Crippen LogP contribution in [0.2, 0.25) is 0 Å². The first-order chi connectivity index (χ1) is 13.4. The number of carbonyl (C=O) groups excluding carboxylic acids is 1. The summed E-state index contributed by atoms with van der Waals surface area (Å²) >= 11 is 4.54. The van der Waals surface area contributed by atoms with Gasteiger partial charge >= 0.3 is 0 Å². The summed E-state index contributed by atoms with van der Waals surface area (Å²) in [4.78, 5) is 11.5. The van der Waals surface area contributed by atoms with E-state index in [1.807, 2.05) is 0 Å². The Hall–Kier alpha value is -2.11. The zero-order valence-electron chi connectivity index (χ0n) is 14.6. The fraction of sp³-hybridized carbons (Fsp3) is 0.235. The van der Waals surface area contributed by atoms with E-state index in [1.54, 1.807) is 41.0 Å². The van der Waals surface area contributed by atoms with Crippen molar-refractivity contribution in [3.8, 4) is 11.6 Å². The van der Waals surface area contributed by atoms with Crippen LogP contribution in [0.25, 0.3) is 11.6 Å². The highest BCUT2D eigenvalue weighted by Crippen LogP contribution is 2.25. The molecule has 28 heavy (non-hydrogen) atoms. The fourth-order valence-electron chi connectivity index (χ4n) is 2.41. The molecular formula is C17H17BrN4O4S2. The lowest BCUT2D eigenvalue weighted by atomic mass is 10.3. The number of halogens is 1. The summed E-state index contributed by atoms with van der Waals surface area (Å²) in [6.45, 7) is 0.278. The van der Waals surface area contributed by atoms with Crippen molar-refractivity contribution in [1.82, 2.24) is 14.8 Å². The average Bonchev–Trinajstić information content (AvgIpc) is 3.29. The Morgan fingerprint density at radius 1 is 1.21 bits per heavy atom. The molecule has 0 unspecified atom stereocenters. The average molecular weight is 485 g/mol. The largest absolute Gasteiger partial charge is 0.461 e. The van der Waals surface area contributed by atoms with Crippen LogP contribution < -0.4 is 5.73 Å². The SMILES string of the molecule is NC(=O)CCn1c(SCCS(=O)(=O)c2ccc(Br)cc2)nnc1-c1ccco1. The highest BCUT2D eigenvalue weighted by molar-refractivity contribution is 9.10. The van der Waals surface area contributed by atoms with Gasteiger partial charge in [0.25, 0.3) is 0 Å². The molecule has 2 heterocycles.